The first-order valence-electron chi connectivity index (χ1n) is 5.19. The molecule has 2 aromatic rings. The normalized spacial score (nSPS) is 12.7. The first-order chi connectivity index (χ1) is 7.72. The van der Waals surface area contributed by atoms with Crippen molar-refractivity contribution >= 4 is 0 Å². The minimum atomic E-state index is -0.269. The van der Waals surface area contributed by atoms with E-state index in [9.17, 15) is 4.39 Å². The van der Waals surface area contributed by atoms with E-state index in [1.807, 2.05) is 20.2 Å². The molecule has 0 bridgehead atoms. The SMILES string of the molecule is CNC(C)c1cnn(-c2ccccc2F)c1. The molecule has 0 saturated heterocycles. The van der Waals surface area contributed by atoms with Gasteiger partial charge in [-0.3, -0.25) is 0 Å². The number of aromatic nitrogens is 2. The largest absolute Gasteiger partial charge is 0.313 e. The van der Waals surface area contributed by atoms with Crippen molar-refractivity contribution in [3.05, 3.63) is 48.0 Å². The lowest BCUT2D eigenvalue weighted by molar-refractivity contribution is 0.610. The third-order valence-electron chi connectivity index (χ3n) is 2.63. The average molecular weight is 219 g/mol. The number of hydrogen-bond donors (Lipinski definition) is 1. The van der Waals surface area contributed by atoms with E-state index in [1.165, 1.54) is 6.07 Å². The van der Waals surface area contributed by atoms with E-state index < -0.39 is 0 Å². The number of nitrogens with zero attached hydrogens (tertiary/aromatic N) is 2. The fourth-order valence-corrected chi connectivity index (χ4v) is 1.50. The molecule has 2 rings (SSSR count). The summed E-state index contributed by atoms with van der Waals surface area (Å²) in [4.78, 5) is 0. The molecule has 1 heterocycles. The van der Waals surface area contributed by atoms with Crippen LogP contribution in [0.3, 0.4) is 0 Å². The summed E-state index contributed by atoms with van der Waals surface area (Å²) in [7, 11) is 1.88. The predicted molar refractivity (Wildman–Crippen MR) is 61.0 cm³/mol. The van der Waals surface area contributed by atoms with Gasteiger partial charge in [-0.15, -0.1) is 0 Å². The van der Waals surface area contributed by atoms with Gasteiger partial charge in [0.1, 0.15) is 11.5 Å². The van der Waals surface area contributed by atoms with Crippen LogP contribution in [0.2, 0.25) is 0 Å². The van der Waals surface area contributed by atoms with Crippen molar-refractivity contribution in [2.24, 2.45) is 0 Å². The molecule has 16 heavy (non-hydrogen) atoms. The number of benzene rings is 1. The van der Waals surface area contributed by atoms with Crippen molar-refractivity contribution in [3.8, 4) is 5.69 Å². The molecule has 0 saturated carbocycles. The van der Waals surface area contributed by atoms with Crippen LogP contribution < -0.4 is 5.32 Å². The van der Waals surface area contributed by atoms with E-state index in [1.54, 1.807) is 29.1 Å². The van der Waals surface area contributed by atoms with Crippen LogP contribution in [-0.4, -0.2) is 16.8 Å². The van der Waals surface area contributed by atoms with Gasteiger partial charge in [0.25, 0.3) is 0 Å². The first kappa shape index (κ1) is 10.8. The van der Waals surface area contributed by atoms with Crippen LogP contribution in [0.1, 0.15) is 18.5 Å². The van der Waals surface area contributed by atoms with Gasteiger partial charge in [0.15, 0.2) is 0 Å². The van der Waals surface area contributed by atoms with Gasteiger partial charge in [-0.25, -0.2) is 9.07 Å². The van der Waals surface area contributed by atoms with Crippen molar-refractivity contribution in [1.29, 1.82) is 0 Å². The maximum absolute atomic E-state index is 13.5. The summed E-state index contributed by atoms with van der Waals surface area (Å²) in [6, 6.07) is 6.80. The molecule has 1 aromatic heterocycles. The molecule has 0 aliphatic carbocycles. The molecule has 0 spiro atoms. The molecule has 1 aromatic carbocycles. The number of nitrogens with one attached hydrogen (secondary N) is 1. The van der Waals surface area contributed by atoms with E-state index in [4.69, 9.17) is 0 Å². The molecule has 0 aliphatic heterocycles. The molecule has 0 aliphatic rings. The molecule has 3 nitrogen and oxygen atoms in total. The maximum atomic E-state index is 13.5. The second kappa shape index (κ2) is 4.45. The molecular formula is C12H14FN3. The summed E-state index contributed by atoms with van der Waals surface area (Å²) in [5.74, 6) is -0.269. The lowest BCUT2D eigenvalue weighted by atomic mass is 10.2. The van der Waals surface area contributed by atoms with Crippen molar-refractivity contribution in [3.63, 3.8) is 0 Å². The summed E-state index contributed by atoms with van der Waals surface area (Å²) >= 11 is 0. The summed E-state index contributed by atoms with van der Waals surface area (Å²) in [6.07, 6.45) is 3.58. The number of para-hydroxylation sites is 1. The zero-order valence-corrected chi connectivity index (χ0v) is 9.31. The number of rotatable bonds is 3. The minimum Gasteiger partial charge on any atom is -0.313 e. The second-order valence-corrected chi connectivity index (χ2v) is 3.68. The monoisotopic (exact) mass is 219 g/mol. The van der Waals surface area contributed by atoms with E-state index >= 15 is 0 Å². The lowest BCUT2D eigenvalue weighted by Gasteiger charge is -2.06. The summed E-state index contributed by atoms with van der Waals surface area (Å²) in [5, 5.41) is 7.27. The fraction of sp³-hybridized carbons (Fsp3) is 0.250. The highest BCUT2D eigenvalue weighted by Gasteiger charge is 2.08. The maximum Gasteiger partial charge on any atom is 0.148 e. The topological polar surface area (TPSA) is 29.9 Å². The van der Waals surface area contributed by atoms with Crippen molar-refractivity contribution in [2.45, 2.75) is 13.0 Å². The molecule has 0 amide bonds. The van der Waals surface area contributed by atoms with E-state index in [-0.39, 0.29) is 11.9 Å². The quantitative estimate of drug-likeness (QED) is 0.858. The van der Waals surface area contributed by atoms with Gasteiger partial charge in [0.05, 0.1) is 6.20 Å². The van der Waals surface area contributed by atoms with Crippen molar-refractivity contribution in [2.75, 3.05) is 7.05 Å². The Morgan fingerprint density at radius 2 is 2.12 bits per heavy atom. The molecule has 1 N–H and O–H groups in total. The number of hydrogen-bond acceptors (Lipinski definition) is 2. The lowest BCUT2D eigenvalue weighted by Crippen LogP contribution is -2.11. The van der Waals surface area contributed by atoms with Gasteiger partial charge >= 0.3 is 0 Å². The Balaban J connectivity index is 2.35. The van der Waals surface area contributed by atoms with Gasteiger partial charge in [0, 0.05) is 17.8 Å². The van der Waals surface area contributed by atoms with Crippen LogP contribution in [0, 0.1) is 5.82 Å². The molecular weight excluding hydrogens is 205 g/mol. The van der Waals surface area contributed by atoms with Gasteiger partial charge in [-0.05, 0) is 26.1 Å². The first-order valence-corrected chi connectivity index (χ1v) is 5.19. The highest BCUT2D eigenvalue weighted by Crippen LogP contribution is 2.15. The highest BCUT2D eigenvalue weighted by atomic mass is 19.1. The van der Waals surface area contributed by atoms with Crippen LogP contribution in [0.5, 0.6) is 0 Å². The highest BCUT2D eigenvalue weighted by molar-refractivity contribution is 5.33. The molecule has 1 unspecified atom stereocenters. The Morgan fingerprint density at radius 1 is 1.38 bits per heavy atom. The summed E-state index contributed by atoms with van der Waals surface area (Å²) in [5.41, 5.74) is 1.50. The number of halogens is 1. The fourth-order valence-electron chi connectivity index (χ4n) is 1.50. The third-order valence-corrected chi connectivity index (χ3v) is 2.63. The Kier molecular flexibility index (Phi) is 3.01. The van der Waals surface area contributed by atoms with Gasteiger partial charge < -0.3 is 5.32 Å². The standard InChI is InChI=1S/C12H14FN3/c1-9(14-2)10-7-15-16(8-10)12-6-4-3-5-11(12)13/h3-9,14H,1-2H3. The Labute approximate surface area is 93.9 Å². The van der Waals surface area contributed by atoms with Gasteiger partial charge in [0.2, 0.25) is 0 Å². The van der Waals surface area contributed by atoms with Crippen LogP contribution in [-0.2, 0) is 0 Å². The van der Waals surface area contributed by atoms with Crippen LogP contribution in [0.15, 0.2) is 36.7 Å². The predicted octanol–water partition coefficient (Wildman–Crippen LogP) is 2.29. The van der Waals surface area contributed by atoms with E-state index in [0.29, 0.717) is 5.69 Å². The Hall–Kier alpha value is -1.68. The van der Waals surface area contributed by atoms with Crippen LogP contribution in [0.4, 0.5) is 4.39 Å². The second-order valence-electron chi connectivity index (χ2n) is 3.68. The molecule has 0 fully saturated rings. The van der Waals surface area contributed by atoms with Crippen molar-refractivity contribution in [1.82, 2.24) is 15.1 Å². The third kappa shape index (κ3) is 1.97. The average Bonchev–Trinajstić information content (AvgIpc) is 2.78. The van der Waals surface area contributed by atoms with E-state index in [2.05, 4.69) is 10.4 Å². The zero-order chi connectivity index (χ0) is 11.5. The van der Waals surface area contributed by atoms with E-state index in [0.717, 1.165) is 5.56 Å². The smallest absolute Gasteiger partial charge is 0.148 e. The van der Waals surface area contributed by atoms with Crippen LogP contribution in [0.25, 0.3) is 5.69 Å². The van der Waals surface area contributed by atoms with Crippen LogP contribution >= 0.6 is 0 Å². The minimum absolute atomic E-state index is 0.209. The zero-order valence-electron chi connectivity index (χ0n) is 9.31. The summed E-state index contributed by atoms with van der Waals surface area (Å²) in [6.45, 7) is 2.03. The Morgan fingerprint density at radius 3 is 2.81 bits per heavy atom. The molecule has 84 valence electrons. The summed E-state index contributed by atoms with van der Waals surface area (Å²) < 4.78 is 15.0. The molecule has 0 radical (unpaired) electrons. The molecule has 4 heteroatoms. The van der Waals surface area contributed by atoms with Gasteiger partial charge in [-0.1, -0.05) is 12.1 Å². The molecule has 1 atom stereocenters. The van der Waals surface area contributed by atoms with Gasteiger partial charge in [-0.2, -0.15) is 5.10 Å². The van der Waals surface area contributed by atoms with Crippen molar-refractivity contribution < 1.29 is 4.39 Å². The Bertz CT molecular complexity index is 479.